The molecule has 0 radical (unpaired) electrons. The second kappa shape index (κ2) is 14.2. The van der Waals surface area contributed by atoms with Crippen molar-refractivity contribution < 1.29 is 13.2 Å². The predicted molar refractivity (Wildman–Crippen MR) is 152 cm³/mol. The summed E-state index contributed by atoms with van der Waals surface area (Å²) >= 11 is -0.351. The lowest BCUT2D eigenvalue weighted by atomic mass is 10.1. The molecule has 7 nitrogen and oxygen atoms in total. The minimum absolute atomic E-state index is 0.137. The first kappa shape index (κ1) is 28.7. The Hall–Kier alpha value is -3.87. The van der Waals surface area contributed by atoms with Gasteiger partial charge in [0, 0.05) is 12.0 Å². The van der Waals surface area contributed by atoms with Crippen LogP contribution < -0.4 is 5.32 Å². The van der Waals surface area contributed by atoms with Gasteiger partial charge >= 0.3 is 0 Å². The topological polar surface area (TPSA) is 105 Å². The van der Waals surface area contributed by atoms with E-state index in [0.717, 1.165) is 22.6 Å². The molecule has 1 heterocycles. The van der Waals surface area contributed by atoms with Gasteiger partial charge < -0.3 is 4.18 Å². The largest absolute Gasteiger partial charge is 0.405 e. The molecule has 0 aliphatic heterocycles. The molecule has 0 aliphatic carbocycles. The van der Waals surface area contributed by atoms with Crippen LogP contribution in [-0.2, 0) is 38.7 Å². The molecule has 9 heteroatoms. The first-order chi connectivity index (χ1) is 18.3. The number of hydrogen-bond acceptors (Lipinski definition) is 7. The molecule has 0 saturated carbocycles. The molecule has 0 saturated heterocycles. The summed E-state index contributed by atoms with van der Waals surface area (Å²) < 4.78 is 18.2. The number of hydrogen-bond donors (Lipinski definition) is 1. The standard InChI is InChI=1S/C29H30N4O3S2/c1-5-6-25(22(4)36-38(35)19-24-13-9-21(3)10-14-24)17-26(18-30)28(34)31-29-33-32-27(37-29)16-15-23-11-7-20(2)8-12-23/h5-14,17H,15-16,19H2,1-4H3,(H,31,33,34)/b6-5-,25-22-,26-17-. The van der Waals surface area contributed by atoms with Crippen LogP contribution in [0.3, 0.4) is 0 Å². The number of anilines is 1. The van der Waals surface area contributed by atoms with Crippen molar-refractivity contribution in [1.29, 1.82) is 5.26 Å². The van der Waals surface area contributed by atoms with E-state index in [0.29, 0.717) is 22.9 Å². The molecular weight excluding hydrogens is 516 g/mol. The van der Waals surface area contributed by atoms with Gasteiger partial charge in [-0.1, -0.05) is 83.1 Å². The van der Waals surface area contributed by atoms with Gasteiger partial charge in [-0.25, -0.2) is 4.21 Å². The number of aromatic nitrogens is 2. The molecule has 1 aromatic heterocycles. The molecule has 1 atom stereocenters. The van der Waals surface area contributed by atoms with Crippen LogP contribution in [0.15, 0.2) is 83.7 Å². The lowest BCUT2D eigenvalue weighted by molar-refractivity contribution is -0.112. The van der Waals surface area contributed by atoms with Gasteiger partial charge in [0.2, 0.25) is 16.2 Å². The zero-order valence-corrected chi connectivity index (χ0v) is 23.5. The van der Waals surface area contributed by atoms with E-state index in [1.54, 1.807) is 26.0 Å². The van der Waals surface area contributed by atoms with Crippen LogP contribution in [-0.4, -0.2) is 20.3 Å². The van der Waals surface area contributed by atoms with Crippen LogP contribution in [0.1, 0.15) is 41.1 Å². The average molecular weight is 547 g/mol. The van der Waals surface area contributed by atoms with Crippen LogP contribution in [0.25, 0.3) is 0 Å². The predicted octanol–water partition coefficient (Wildman–Crippen LogP) is 6.06. The van der Waals surface area contributed by atoms with Crippen molar-refractivity contribution >= 4 is 33.5 Å². The lowest BCUT2D eigenvalue weighted by Gasteiger charge is -2.08. The average Bonchev–Trinajstić information content (AvgIpc) is 3.34. The fourth-order valence-electron chi connectivity index (χ4n) is 3.36. The van der Waals surface area contributed by atoms with E-state index in [1.165, 1.54) is 28.5 Å². The summed E-state index contributed by atoms with van der Waals surface area (Å²) in [4.78, 5) is 12.8. The summed E-state index contributed by atoms with van der Waals surface area (Å²) in [6.07, 6.45) is 6.36. The summed E-state index contributed by atoms with van der Waals surface area (Å²) in [6, 6.07) is 18.0. The van der Waals surface area contributed by atoms with Crippen LogP contribution in [0.4, 0.5) is 5.13 Å². The Morgan fingerprint density at radius 2 is 1.68 bits per heavy atom. The quantitative estimate of drug-likeness (QED) is 0.136. The van der Waals surface area contributed by atoms with Crippen molar-refractivity contribution in [3.8, 4) is 6.07 Å². The zero-order valence-electron chi connectivity index (χ0n) is 21.9. The minimum Gasteiger partial charge on any atom is -0.405 e. The van der Waals surface area contributed by atoms with Crippen molar-refractivity contribution in [2.24, 2.45) is 0 Å². The zero-order chi connectivity index (χ0) is 27.5. The third-order valence-corrected chi connectivity index (χ3v) is 7.38. The van der Waals surface area contributed by atoms with E-state index in [2.05, 4.69) is 39.8 Å². The minimum atomic E-state index is -1.63. The Morgan fingerprint density at radius 3 is 2.29 bits per heavy atom. The molecule has 0 fully saturated rings. The molecule has 3 aromatic rings. The van der Waals surface area contributed by atoms with Gasteiger partial charge in [0.05, 0.1) is 5.75 Å². The Morgan fingerprint density at radius 1 is 1.05 bits per heavy atom. The van der Waals surface area contributed by atoms with Crippen LogP contribution >= 0.6 is 11.3 Å². The summed E-state index contributed by atoms with van der Waals surface area (Å²) in [5, 5.41) is 21.6. The lowest BCUT2D eigenvalue weighted by Crippen LogP contribution is -2.13. The normalized spacial score (nSPS) is 13.1. The SMILES string of the molecule is C\C=C/C(/C=C(/C#N)C(=O)Nc1nnc(CCc2ccc(C)cc2)s1)=C(\C)OS(=O)Cc1ccc(C)cc1. The molecule has 2 aromatic carbocycles. The Balaban J connectivity index is 1.66. The van der Waals surface area contributed by atoms with E-state index in [1.807, 2.05) is 44.2 Å². The monoisotopic (exact) mass is 546 g/mol. The van der Waals surface area contributed by atoms with Gasteiger partial charge in [0.1, 0.15) is 22.4 Å². The highest BCUT2D eigenvalue weighted by Gasteiger charge is 2.15. The number of carbonyl (C=O) groups excluding carboxylic acids is 1. The van der Waals surface area contributed by atoms with Gasteiger partial charge in [-0.05, 0) is 51.3 Å². The molecule has 1 unspecified atom stereocenters. The fraction of sp³-hybridized carbons (Fsp3) is 0.241. The summed E-state index contributed by atoms with van der Waals surface area (Å²) in [5.74, 6) is -0.0491. The van der Waals surface area contributed by atoms with Crippen molar-refractivity contribution in [1.82, 2.24) is 10.2 Å². The number of nitriles is 1. The first-order valence-corrected chi connectivity index (χ1v) is 14.1. The van der Waals surface area contributed by atoms with E-state index in [4.69, 9.17) is 4.18 Å². The highest BCUT2D eigenvalue weighted by atomic mass is 32.2. The maximum Gasteiger partial charge on any atom is 0.268 e. The fourth-order valence-corrected chi connectivity index (χ4v) is 5.00. The number of amides is 1. The molecule has 3 rings (SSSR count). The van der Waals surface area contributed by atoms with Gasteiger partial charge in [0.15, 0.2) is 0 Å². The van der Waals surface area contributed by atoms with Crippen molar-refractivity contribution in [3.63, 3.8) is 0 Å². The van der Waals surface area contributed by atoms with Crippen LogP contribution in [0.5, 0.6) is 0 Å². The third kappa shape index (κ3) is 8.91. The molecule has 0 aliphatic rings. The van der Waals surface area contributed by atoms with E-state index < -0.39 is 17.0 Å². The first-order valence-electron chi connectivity index (χ1n) is 12.0. The molecular formula is C29H30N4O3S2. The smallest absolute Gasteiger partial charge is 0.268 e. The van der Waals surface area contributed by atoms with E-state index >= 15 is 0 Å². The van der Waals surface area contributed by atoms with Crippen molar-refractivity contribution in [2.75, 3.05) is 5.32 Å². The van der Waals surface area contributed by atoms with Gasteiger partial charge in [-0.15, -0.1) is 10.2 Å². The third-order valence-electron chi connectivity index (χ3n) is 5.48. The number of aryl methyl sites for hydroxylation is 4. The van der Waals surface area contributed by atoms with Crippen LogP contribution in [0, 0.1) is 25.2 Å². The second-order valence-electron chi connectivity index (χ2n) is 8.64. The molecule has 38 heavy (non-hydrogen) atoms. The number of allylic oxidation sites excluding steroid dienone is 5. The Kier molecular flexibility index (Phi) is 10.7. The molecule has 0 spiro atoms. The highest BCUT2D eigenvalue weighted by molar-refractivity contribution is 7.79. The maximum atomic E-state index is 12.8. The number of rotatable bonds is 11. The molecule has 0 bridgehead atoms. The summed E-state index contributed by atoms with van der Waals surface area (Å²) in [6.45, 7) is 7.48. The molecule has 1 N–H and O–H groups in total. The molecule has 196 valence electrons. The van der Waals surface area contributed by atoms with Crippen molar-refractivity contribution in [2.45, 2.75) is 46.3 Å². The number of nitrogens with zero attached hydrogens (tertiary/aromatic N) is 3. The van der Waals surface area contributed by atoms with Gasteiger partial charge in [-0.3, -0.25) is 10.1 Å². The Bertz CT molecular complexity index is 1410. The number of carbonyl (C=O) groups is 1. The highest BCUT2D eigenvalue weighted by Crippen LogP contribution is 2.20. The molecule has 1 amide bonds. The summed E-state index contributed by atoms with van der Waals surface area (Å²) in [5.41, 5.74) is 4.74. The second-order valence-corrected chi connectivity index (χ2v) is 10.8. The van der Waals surface area contributed by atoms with Gasteiger partial charge in [0.25, 0.3) is 5.91 Å². The Labute approximate surface area is 230 Å². The van der Waals surface area contributed by atoms with E-state index in [-0.39, 0.29) is 11.3 Å². The maximum absolute atomic E-state index is 12.8. The summed E-state index contributed by atoms with van der Waals surface area (Å²) in [7, 11) is 0. The van der Waals surface area contributed by atoms with Crippen molar-refractivity contribution in [3.05, 3.63) is 111 Å². The van der Waals surface area contributed by atoms with E-state index in [9.17, 15) is 14.3 Å². The van der Waals surface area contributed by atoms with Gasteiger partial charge in [-0.2, -0.15) is 5.26 Å². The number of benzene rings is 2. The van der Waals surface area contributed by atoms with Crippen LogP contribution in [0.2, 0.25) is 0 Å². The number of nitrogens with one attached hydrogen (secondary N) is 1.